The summed E-state index contributed by atoms with van der Waals surface area (Å²) in [4.78, 5) is 0. The highest BCUT2D eigenvalue weighted by Crippen LogP contribution is 2.14. The van der Waals surface area contributed by atoms with Crippen LogP contribution >= 0.6 is 11.8 Å². The number of rotatable bonds is 5. The molecular formula is C13H21NS. The van der Waals surface area contributed by atoms with Gasteiger partial charge in [-0.15, -0.1) is 0 Å². The van der Waals surface area contributed by atoms with Crippen LogP contribution in [0.3, 0.4) is 0 Å². The lowest BCUT2D eigenvalue weighted by Gasteiger charge is -2.16. The lowest BCUT2D eigenvalue weighted by molar-refractivity contribution is 0.616. The fourth-order valence-corrected chi connectivity index (χ4v) is 2.42. The van der Waals surface area contributed by atoms with Gasteiger partial charge in [0, 0.05) is 11.8 Å². The molecule has 0 aliphatic rings. The summed E-state index contributed by atoms with van der Waals surface area (Å²) in [5.41, 5.74) is 4.24. The second-order valence-electron chi connectivity index (χ2n) is 4.08. The summed E-state index contributed by atoms with van der Waals surface area (Å²) in [5.74, 6) is 1.17. The van der Waals surface area contributed by atoms with Gasteiger partial charge in [-0.05, 0) is 44.7 Å². The fraction of sp³-hybridized carbons (Fsp3) is 0.538. The van der Waals surface area contributed by atoms with E-state index in [1.165, 1.54) is 22.4 Å². The zero-order chi connectivity index (χ0) is 11.3. The average molecular weight is 223 g/mol. The van der Waals surface area contributed by atoms with E-state index in [0.717, 1.165) is 6.42 Å². The zero-order valence-corrected chi connectivity index (χ0v) is 10.9. The Morgan fingerprint density at radius 2 is 2.07 bits per heavy atom. The van der Waals surface area contributed by atoms with Crippen LogP contribution in [-0.4, -0.2) is 25.1 Å². The largest absolute Gasteiger partial charge is 0.316 e. The van der Waals surface area contributed by atoms with Crippen LogP contribution in [0.4, 0.5) is 0 Å². The van der Waals surface area contributed by atoms with Gasteiger partial charge in [-0.1, -0.05) is 23.8 Å². The van der Waals surface area contributed by atoms with Crippen LogP contribution < -0.4 is 5.32 Å². The summed E-state index contributed by atoms with van der Waals surface area (Å²) in [6, 6.07) is 7.29. The predicted octanol–water partition coefficient (Wildman–Crippen LogP) is 2.80. The molecule has 0 bridgehead atoms. The molecule has 0 aromatic heterocycles. The van der Waals surface area contributed by atoms with Gasteiger partial charge < -0.3 is 5.32 Å². The molecule has 0 aliphatic carbocycles. The van der Waals surface area contributed by atoms with E-state index in [-0.39, 0.29) is 0 Å². The first kappa shape index (κ1) is 12.6. The van der Waals surface area contributed by atoms with Crippen molar-refractivity contribution in [3.63, 3.8) is 0 Å². The van der Waals surface area contributed by atoms with Gasteiger partial charge in [-0.3, -0.25) is 0 Å². The van der Waals surface area contributed by atoms with Gasteiger partial charge in [0.1, 0.15) is 0 Å². The van der Waals surface area contributed by atoms with Gasteiger partial charge in [0.25, 0.3) is 0 Å². The van der Waals surface area contributed by atoms with Crippen molar-refractivity contribution in [3.8, 4) is 0 Å². The van der Waals surface area contributed by atoms with E-state index < -0.39 is 0 Å². The fourth-order valence-electron chi connectivity index (χ4n) is 1.73. The van der Waals surface area contributed by atoms with Crippen molar-refractivity contribution >= 4 is 11.8 Å². The van der Waals surface area contributed by atoms with Crippen molar-refractivity contribution in [3.05, 3.63) is 34.9 Å². The molecule has 1 atom stereocenters. The van der Waals surface area contributed by atoms with Crippen molar-refractivity contribution in [2.24, 2.45) is 0 Å². The second-order valence-corrected chi connectivity index (χ2v) is 4.99. The van der Waals surface area contributed by atoms with Crippen LogP contribution in [0, 0.1) is 13.8 Å². The number of likely N-dealkylation sites (N-methyl/N-ethyl adjacent to an activating group) is 1. The Bertz CT molecular complexity index is 309. The number of aryl methyl sites for hydroxylation is 2. The molecule has 0 radical (unpaired) electrons. The normalized spacial score (nSPS) is 12.8. The van der Waals surface area contributed by atoms with Crippen LogP contribution in [0.25, 0.3) is 0 Å². The van der Waals surface area contributed by atoms with E-state index in [1.807, 2.05) is 18.8 Å². The minimum absolute atomic E-state index is 0.584. The van der Waals surface area contributed by atoms with E-state index in [2.05, 4.69) is 43.6 Å². The molecule has 0 aliphatic heterocycles. The molecule has 1 rings (SSSR count). The number of nitrogens with one attached hydrogen (secondary N) is 1. The standard InChI is InChI=1S/C13H21NS/c1-10-5-6-11(2)12(7-10)8-13(14-3)9-15-4/h5-7,13-14H,8-9H2,1-4H3. The van der Waals surface area contributed by atoms with Gasteiger partial charge in [0.15, 0.2) is 0 Å². The molecule has 0 heterocycles. The monoisotopic (exact) mass is 223 g/mol. The Balaban J connectivity index is 2.73. The van der Waals surface area contributed by atoms with Crippen LogP contribution in [0.15, 0.2) is 18.2 Å². The first-order valence-electron chi connectivity index (χ1n) is 5.39. The molecule has 1 N–H and O–H groups in total. The molecular weight excluding hydrogens is 202 g/mol. The maximum absolute atomic E-state index is 3.38. The molecule has 1 nitrogen and oxygen atoms in total. The number of hydrogen-bond acceptors (Lipinski definition) is 2. The molecule has 15 heavy (non-hydrogen) atoms. The molecule has 1 unspecified atom stereocenters. The van der Waals surface area contributed by atoms with Crippen LogP contribution in [0.1, 0.15) is 16.7 Å². The third kappa shape index (κ3) is 3.88. The third-order valence-electron chi connectivity index (χ3n) is 2.75. The third-order valence-corrected chi connectivity index (χ3v) is 3.48. The van der Waals surface area contributed by atoms with Crippen LogP contribution in [-0.2, 0) is 6.42 Å². The summed E-state index contributed by atoms with van der Waals surface area (Å²) < 4.78 is 0. The lowest BCUT2D eigenvalue weighted by atomic mass is 10.00. The summed E-state index contributed by atoms with van der Waals surface area (Å²) in [6.07, 6.45) is 3.29. The highest BCUT2D eigenvalue weighted by Gasteiger charge is 2.08. The number of hydrogen-bond donors (Lipinski definition) is 1. The summed E-state index contributed by atoms with van der Waals surface area (Å²) in [5, 5.41) is 3.38. The lowest BCUT2D eigenvalue weighted by Crippen LogP contribution is -2.30. The molecule has 0 saturated heterocycles. The van der Waals surface area contributed by atoms with Gasteiger partial charge >= 0.3 is 0 Å². The van der Waals surface area contributed by atoms with E-state index in [9.17, 15) is 0 Å². The summed E-state index contributed by atoms with van der Waals surface area (Å²) in [6.45, 7) is 4.35. The Kier molecular flexibility index (Phi) is 5.20. The topological polar surface area (TPSA) is 12.0 Å². The Morgan fingerprint density at radius 1 is 1.33 bits per heavy atom. The Morgan fingerprint density at radius 3 is 2.67 bits per heavy atom. The summed E-state index contributed by atoms with van der Waals surface area (Å²) in [7, 11) is 2.05. The van der Waals surface area contributed by atoms with E-state index >= 15 is 0 Å². The SMILES string of the molecule is CNC(CSC)Cc1cc(C)ccc1C. The van der Waals surface area contributed by atoms with Gasteiger partial charge in [0.05, 0.1) is 0 Å². The van der Waals surface area contributed by atoms with E-state index in [0.29, 0.717) is 6.04 Å². The average Bonchev–Trinajstić information content (AvgIpc) is 2.22. The molecule has 1 aromatic rings. The highest BCUT2D eigenvalue weighted by molar-refractivity contribution is 7.98. The minimum Gasteiger partial charge on any atom is -0.316 e. The molecule has 84 valence electrons. The van der Waals surface area contributed by atoms with Gasteiger partial charge in [-0.2, -0.15) is 11.8 Å². The van der Waals surface area contributed by atoms with Gasteiger partial charge in [-0.25, -0.2) is 0 Å². The zero-order valence-electron chi connectivity index (χ0n) is 10.1. The molecule has 0 spiro atoms. The molecule has 0 amide bonds. The molecule has 0 fully saturated rings. The summed E-state index contributed by atoms with van der Waals surface area (Å²) >= 11 is 1.90. The first-order chi connectivity index (χ1) is 7.17. The first-order valence-corrected chi connectivity index (χ1v) is 6.79. The Hall–Kier alpha value is -0.470. The van der Waals surface area contributed by atoms with E-state index in [1.54, 1.807) is 0 Å². The second kappa shape index (κ2) is 6.19. The van der Waals surface area contributed by atoms with Crippen LogP contribution in [0.2, 0.25) is 0 Å². The van der Waals surface area contributed by atoms with Crippen molar-refractivity contribution in [2.45, 2.75) is 26.3 Å². The Labute approximate surface area is 97.7 Å². The molecule has 2 heteroatoms. The number of benzene rings is 1. The van der Waals surface area contributed by atoms with Crippen LogP contribution in [0.5, 0.6) is 0 Å². The maximum Gasteiger partial charge on any atom is 0.0195 e. The van der Waals surface area contributed by atoms with Gasteiger partial charge in [0.2, 0.25) is 0 Å². The molecule has 1 aromatic carbocycles. The molecule has 0 saturated carbocycles. The highest BCUT2D eigenvalue weighted by atomic mass is 32.2. The van der Waals surface area contributed by atoms with Crippen molar-refractivity contribution in [1.29, 1.82) is 0 Å². The number of thioether (sulfide) groups is 1. The van der Waals surface area contributed by atoms with Crippen molar-refractivity contribution < 1.29 is 0 Å². The maximum atomic E-state index is 3.38. The quantitative estimate of drug-likeness (QED) is 0.824. The smallest absolute Gasteiger partial charge is 0.0195 e. The van der Waals surface area contributed by atoms with Crippen molar-refractivity contribution in [1.82, 2.24) is 5.32 Å². The van der Waals surface area contributed by atoms with Crippen molar-refractivity contribution in [2.75, 3.05) is 19.1 Å². The predicted molar refractivity (Wildman–Crippen MR) is 70.8 cm³/mol. The van der Waals surface area contributed by atoms with E-state index in [4.69, 9.17) is 0 Å². The minimum atomic E-state index is 0.584.